The van der Waals surface area contributed by atoms with E-state index < -0.39 is 17.8 Å². The van der Waals surface area contributed by atoms with E-state index in [0.717, 1.165) is 34.7 Å². The average molecular weight is 391 g/mol. The van der Waals surface area contributed by atoms with Gasteiger partial charge in [-0.05, 0) is 60.6 Å². The molecule has 29 heavy (non-hydrogen) atoms. The predicted molar refractivity (Wildman–Crippen MR) is 106 cm³/mol. The number of nitrogens with one attached hydrogen (secondary N) is 1. The fourth-order valence-corrected chi connectivity index (χ4v) is 3.79. The van der Waals surface area contributed by atoms with Gasteiger partial charge >= 0.3 is 17.8 Å². The van der Waals surface area contributed by atoms with E-state index in [9.17, 15) is 19.2 Å². The van der Waals surface area contributed by atoms with Gasteiger partial charge in [0.25, 0.3) is 5.91 Å². The van der Waals surface area contributed by atoms with Crippen molar-refractivity contribution in [3.8, 4) is 0 Å². The number of rotatable bonds is 4. The van der Waals surface area contributed by atoms with Gasteiger partial charge in [0.05, 0.1) is 6.54 Å². The quantitative estimate of drug-likeness (QED) is 0.641. The maximum absolute atomic E-state index is 12.7. The Bertz CT molecular complexity index is 1010. The fraction of sp³-hybridized carbons (Fsp3) is 0.273. The van der Waals surface area contributed by atoms with E-state index in [-0.39, 0.29) is 12.5 Å². The highest BCUT2D eigenvalue weighted by atomic mass is 16.2. The van der Waals surface area contributed by atoms with Crippen molar-refractivity contribution in [1.29, 1.82) is 0 Å². The minimum Gasteiger partial charge on any atom is -0.322 e. The highest BCUT2D eigenvalue weighted by Crippen LogP contribution is 2.28. The summed E-state index contributed by atoms with van der Waals surface area (Å²) in [6.45, 7) is -0.0121. The summed E-state index contributed by atoms with van der Waals surface area (Å²) >= 11 is 0. The summed E-state index contributed by atoms with van der Waals surface area (Å²) in [5.41, 5.74) is 4.50. The summed E-state index contributed by atoms with van der Waals surface area (Å²) in [4.78, 5) is 49.8. The number of anilines is 1. The lowest BCUT2D eigenvalue weighted by Gasteiger charge is -2.19. The molecule has 1 fully saturated rings. The molecule has 4 rings (SSSR count). The number of hydrogen-bond donors (Lipinski definition) is 1. The number of benzene rings is 2. The molecule has 0 atom stereocenters. The number of hydrogen-bond acceptors (Lipinski definition) is 4. The molecule has 148 valence electrons. The maximum Gasteiger partial charge on any atom is 0.334 e. The van der Waals surface area contributed by atoms with Crippen LogP contribution in [0.2, 0.25) is 0 Å². The number of likely N-dealkylation sites (N-methyl/N-ethyl adjacent to an activating group) is 1. The SMILES string of the molecule is CN1C(=O)C(=O)N(Cc2ccc(C(=O)Nc3cccc4c3CCCC4)cc2)C1=O. The topological polar surface area (TPSA) is 86.8 Å². The molecule has 1 aliphatic heterocycles. The molecule has 7 nitrogen and oxygen atoms in total. The molecule has 7 heteroatoms. The highest BCUT2D eigenvalue weighted by molar-refractivity contribution is 6.44. The first kappa shape index (κ1) is 18.9. The number of fused-ring (bicyclic) bond motifs is 1. The Morgan fingerprint density at radius 2 is 1.69 bits per heavy atom. The normalized spacial score (nSPS) is 16.2. The van der Waals surface area contributed by atoms with Crippen LogP contribution in [-0.2, 0) is 29.0 Å². The second kappa shape index (κ2) is 7.50. The Balaban J connectivity index is 1.46. The fourth-order valence-electron chi connectivity index (χ4n) is 3.79. The van der Waals surface area contributed by atoms with Crippen LogP contribution >= 0.6 is 0 Å². The maximum atomic E-state index is 12.7. The second-order valence-electron chi connectivity index (χ2n) is 7.34. The summed E-state index contributed by atoms with van der Waals surface area (Å²) in [6.07, 6.45) is 4.31. The number of aryl methyl sites for hydroxylation is 1. The summed E-state index contributed by atoms with van der Waals surface area (Å²) in [5, 5.41) is 3.00. The van der Waals surface area contributed by atoms with Crippen LogP contribution in [0.3, 0.4) is 0 Å². The van der Waals surface area contributed by atoms with Gasteiger partial charge in [-0.1, -0.05) is 24.3 Å². The highest BCUT2D eigenvalue weighted by Gasteiger charge is 2.41. The van der Waals surface area contributed by atoms with Crippen molar-refractivity contribution >= 4 is 29.4 Å². The van der Waals surface area contributed by atoms with Gasteiger partial charge in [0.1, 0.15) is 0 Å². The smallest absolute Gasteiger partial charge is 0.322 e. The largest absolute Gasteiger partial charge is 0.334 e. The summed E-state index contributed by atoms with van der Waals surface area (Å²) in [7, 11) is 1.28. The number of amides is 5. The Hall–Kier alpha value is -3.48. The monoisotopic (exact) mass is 391 g/mol. The van der Waals surface area contributed by atoms with Gasteiger partial charge in [-0.2, -0.15) is 0 Å². The standard InChI is InChI=1S/C22H21N3O4/c1-24-20(27)21(28)25(22(24)29)13-14-9-11-16(12-10-14)19(26)23-18-8-4-6-15-5-2-3-7-17(15)18/h4,6,8-12H,2-3,5,7,13H2,1H3,(H,23,26). The first-order valence-electron chi connectivity index (χ1n) is 9.60. The van der Waals surface area contributed by atoms with E-state index in [2.05, 4.69) is 11.4 Å². The third-order valence-corrected chi connectivity index (χ3v) is 5.45. The van der Waals surface area contributed by atoms with Gasteiger partial charge < -0.3 is 5.32 Å². The Kier molecular flexibility index (Phi) is 4.88. The molecule has 1 aliphatic carbocycles. The molecule has 2 aliphatic rings. The van der Waals surface area contributed by atoms with Crippen LogP contribution in [0.15, 0.2) is 42.5 Å². The lowest BCUT2D eigenvalue weighted by Crippen LogP contribution is -2.31. The Morgan fingerprint density at radius 3 is 2.38 bits per heavy atom. The molecule has 0 spiro atoms. The lowest BCUT2D eigenvalue weighted by molar-refractivity contribution is -0.143. The van der Waals surface area contributed by atoms with Crippen LogP contribution in [0, 0.1) is 0 Å². The summed E-state index contributed by atoms with van der Waals surface area (Å²) in [5.74, 6) is -1.89. The van der Waals surface area contributed by atoms with Crippen LogP contribution in [0.1, 0.15) is 39.9 Å². The van der Waals surface area contributed by atoms with E-state index in [1.165, 1.54) is 24.6 Å². The third-order valence-electron chi connectivity index (χ3n) is 5.45. The minimum absolute atomic E-state index is 0.0121. The Labute approximate surface area is 168 Å². The van der Waals surface area contributed by atoms with Crippen molar-refractivity contribution in [2.45, 2.75) is 32.2 Å². The van der Waals surface area contributed by atoms with Gasteiger partial charge in [-0.25, -0.2) is 4.79 Å². The Morgan fingerprint density at radius 1 is 0.966 bits per heavy atom. The van der Waals surface area contributed by atoms with Crippen molar-refractivity contribution < 1.29 is 19.2 Å². The molecule has 5 amide bonds. The first-order chi connectivity index (χ1) is 14.0. The molecule has 1 heterocycles. The molecular formula is C22H21N3O4. The van der Waals surface area contributed by atoms with Crippen LogP contribution in [0.25, 0.3) is 0 Å². The minimum atomic E-state index is -0.840. The number of carbonyl (C=O) groups is 4. The summed E-state index contributed by atoms with van der Waals surface area (Å²) < 4.78 is 0. The van der Waals surface area contributed by atoms with Crippen LogP contribution in [0.5, 0.6) is 0 Å². The van der Waals surface area contributed by atoms with Gasteiger partial charge in [0.2, 0.25) is 0 Å². The average Bonchev–Trinajstić information content (AvgIpc) is 2.92. The first-order valence-corrected chi connectivity index (χ1v) is 9.60. The number of imide groups is 2. The van der Waals surface area contributed by atoms with Crippen molar-refractivity contribution in [2.24, 2.45) is 0 Å². The molecule has 0 saturated carbocycles. The zero-order valence-electron chi connectivity index (χ0n) is 16.1. The van der Waals surface area contributed by atoms with Crippen molar-refractivity contribution in [1.82, 2.24) is 9.80 Å². The number of carbonyl (C=O) groups excluding carboxylic acids is 4. The van der Waals surface area contributed by atoms with E-state index in [1.54, 1.807) is 24.3 Å². The van der Waals surface area contributed by atoms with Crippen LogP contribution in [0.4, 0.5) is 10.5 Å². The molecule has 0 radical (unpaired) electrons. The second-order valence-corrected chi connectivity index (χ2v) is 7.34. The lowest BCUT2D eigenvalue weighted by atomic mass is 9.90. The molecule has 2 aromatic carbocycles. The van der Waals surface area contributed by atoms with Crippen molar-refractivity contribution in [2.75, 3.05) is 12.4 Å². The van der Waals surface area contributed by atoms with Crippen LogP contribution in [-0.4, -0.2) is 40.6 Å². The van der Waals surface area contributed by atoms with E-state index >= 15 is 0 Å². The van der Waals surface area contributed by atoms with Gasteiger partial charge in [0.15, 0.2) is 0 Å². The molecular weight excluding hydrogens is 370 g/mol. The van der Waals surface area contributed by atoms with Crippen molar-refractivity contribution in [3.05, 3.63) is 64.7 Å². The van der Waals surface area contributed by atoms with E-state index in [0.29, 0.717) is 11.1 Å². The van der Waals surface area contributed by atoms with Crippen molar-refractivity contribution in [3.63, 3.8) is 0 Å². The number of urea groups is 1. The molecule has 0 aromatic heterocycles. The molecule has 0 unspecified atom stereocenters. The zero-order chi connectivity index (χ0) is 20.5. The molecule has 2 aromatic rings. The van der Waals surface area contributed by atoms with Gasteiger partial charge in [-0.15, -0.1) is 0 Å². The predicted octanol–water partition coefficient (Wildman–Crippen LogP) is 2.74. The van der Waals surface area contributed by atoms with E-state index in [1.807, 2.05) is 12.1 Å². The molecule has 1 saturated heterocycles. The molecule has 1 N–H and O–H groups in total. The summed E-state index contributed by atoms with van der Waals surface area (Å²) in [6, 6.07) is 12.0. The van der Waals surface area contributed by atoms with Crippen LogP contribution < -0.4 is 5.32 Å². The van der Waals surface area contributed by atoms with Gasteiger partial charge in [0, 0.05) is 18.3 Å². The number of nitrogens with zero attached hydrogens (tertiary/aromatic N) is 2. The molecule has 0 bridgehead atoms. The van der Waals surface area contributed by atoms with Gasteiger partial charge in [-0.3, -0.25) is 24.2 Å². The van der Waals surface area contributed by atoms with E-state index in [4.69, 9.17) is 0 Å². The zero-order valence-corrected chi connectivity index (χ0v) is 16.1. The third kappa shape index (κ3) is 3.51.